The van der Waals surface area contributed by atoms with E-state index in [1.54, 1.807) is 6.20 Å². The summed E-state index contributed by atoms with van der Waals surface area (Å²) in [6.45, 7) is 1.46. The lowest BCUT2D eigenvalue weighted by Crippen LogP contribution is -2.28. The molecule has 24 heavy (non-hydrogen) atoms. The molecule has 1 aliphatic rings. The molecule has 1 aromatic carbocycles. The molecule has 0 saturated carbocycles. The van der Waals surface area contributed by atoms with Crippen LogP contribution in [0.3, 0.4) is 0 Å². The van der Waals surface area contributed by atoms with E-state index in [2.05, 4.69) is 20.9 Å². The number of pyridine rings is 1. The van der Waals surface area contributed by atoms with Crippen LogP contribution in [0, 0.1) is 0 Å². The Balaban J connectivity index is 1.56. The van der Waals surface area contributed by atoms with Crippen LogP contribution in [-0.4, -0.2) is 38.4 Å². The molecule has 3 heterocycles. The van der Waals surface area contributed by atoms with Gasteiger partial charge in [0.2, 0.25) is 0 Å². The number of likely N-dealkylation sites (tertiary alicyclic amines) is 1. The van der Waals surface area contributed by atoms with Gasteiger partial charge in [0.1, 0.15) is 11.3 Å². The number of aromatic nitrogens is 3. The lowest BCUT2D eigenvalue weighted by molar-refractivity contribution is 0.0790. The topological polar surface area (TPSA) is 51.0 Å². The Kier molecular flexibility index (Phi) is 3.84. The molecule has 2 aromatic heterocycles. The van der Waals surface area contributed by atoms with Crippen molar-refractivity contribution in [1.29, 1.82) is 0 Å². The maximum atomic E-state index is 12.7. The minimum Gasteiger partial charge on any atom is -0.338 e. The van der Waals surface area contributed by atoms with Crippen molar-refractivity contribution in [1.82, 2.24) is 19.4 Å². The highest BCUT2D eigenvalue weighted by molar-refractivity contribution is 9.10. The average Bonchev–Trinajstić information content (AvgIpc) is 3.20. The van der Waals surface area contributed by atoms with Gasteiger partial charge in [-0.1, -0.05) is 15.9 Å². The van der Waals surface area contributed by atoms with E-state index in [1.807, 2.05) is 52.9 Å². The summed E-state index contributed by atoms with van der Waals surface area (Å²) in [4.78, 5) is 23.7. The van der Waals surface area contributed by atoms with E-state index in [0.29, 0.717) is 6.54 Å². The van der Waals surface area contributed by atoms with Crippen LogP contribution in [0.25, 0.3) is 11.2 Å². The average molecular weight is 385 g/mol. The van der Waals surface area contributed by atoms with Crippen molar-refractivity contribution in [3.8, 4) is 0 Å². The lowest BCUT2D eigenvalue weighted by atomic mass is 10.1. The largest absolute Gasteiger partial charge is 0.338 e. The van der Waals surface area contributed by atoms with Gasteiger partial charge >= 0.3 is 0 Å². The third-order valence-corrected chi connectivity index (χ3v) is 5.12. The first kappa shape index (κ1) is 15.3. The van der Waals surface area contributed by atoms with E-state index in [9.17, 15) is 4.79 Å². The minimum absolute atomic E-state index is 0.0851. The molecule has 6 heteroatoms. The molecule has 1 unspecified atom stereocenters. The monoisotopic (exact) mass is 384 g/mol. The van der Waals surface area contributed by atoms with E-state index in [4.69, 9.17) is 4.98 Å². The molecule has 5 nitrogen and oxygen atoms in total. The Labute approximate surface area is 148 Å². The van der Waals surface area contributed by atoms with Crippen LogP contribution in [0.2, 0.25) is 0 Å². The predicted molar refractivity (Wildman–Crippen MR) is 95.9 cm³/mol. The van der Waals surface area contributed by atoms with Gasteiger partial charge in [0.15, 0.2) is 5.65 Å². The van der Waals surface area contributed by atoms with Crippen LogP contribution < -0.4 is 0 Å². The zero-order valence-corrected chi connectivity index (χ0v) is 14.9. The normalized spacial score (nSPS) is 17.6. The number of rotatable bonds is 2. The van der Waals surface area contributed by atoms with Crippen molar-refractivity contribution >= 4 is 33.0 Å². The number of benzene rings is 1. The number of imidazole rings is 1. The molecular formula is C18H17BrN4O. The number of carbonyl (C=O) groups is 1. The van der Waals surface area contributed by atoms with Crippen LogP contribution >= 0.6 is 15.9 Å². The van der Waals surface area contributed by atoms with Crippen LogP contribution in [-0.2, 0) is 7.05 Å². The summed E-state index contributed by atoms with van der Waals surface area (Å²) >= 11 is 3.40. The Morgan fingerprint density at radius 2 is 2.04 bits per heavy atom. The number of nitrogens with zero attached hydrogens (tertiary/aromatic N) is 4. The summed E-state index contributed by atoms with van der Waals surface area (Å²) in [6, 6.07) is 11.4. The van der Waals surface area contributed by atoms with E-state index >= 15 is 0 Å². The van der Waals surface area contributed by atoms with Crippen LogP contribution in [0.4, 0.5) is 0 Å². The standard InChI is InChI=1S/C18H17BrN4O/c1-22-16(21-15-3-2-9-20-17(15)22)13-8-10-23(11-13)18(24)12-4-6-14(19)7-5-12/h2-7,9,13H,8,10-11H2,1H3. The number of amides is 1. The molecule has 4 rings (SSSR count). The fourth-order valence-corrected chi connectivity index (χ4v) is 3.60. The van der Waals surface area contributed by atoms with Gasteiger partial charge in [-0.2, -0.15) is 0 Å². The van der Waals surface area contributed by atoms with Gasteiger partial charge in [-0.15, -0.1) is 0 Å². The minimum atomic E-state index is 0.0851. The number of aryl methyl sites for hydroxylation is 1. The van der Waals surface area contributed by atoms with Crippen molar-refractivity contribution in [2.24, 2.45) is 7.05 Å². The van der Waals surface area contributed by atoms with Gasteiger partial charge < -0.3 is 9.47 Å². The first-order valence-electron chi connectivity index (χ1n) is 7.95. The Bertz CT molecular complexity index is 903. The number of carbonyl (C=O) groups excluding carboxylic acids is 1. The summed E-state index contributed by atoms with van der Waals surface area (Å²) in [5.74, 6) is 1.35. The van der Waals surface area contributed by atoms with Crippen molar-refractivity contribution in [2.45, 2.75) is 12.3 Å². The highest BCUT2D eigenvalue weighted by Gasteiger charge is 2.31. The Morgan fingerprint density at radius 1 is 1.25 bits per heavy atom. The Morgan fingerprint density at radius 3 is 2.79 bits per heavy atom. The second-order valence-corrected chi connectivity index (χ2v) is 7.03. The van der Waals surface area contributed by atoms with Gasteiger partial charge in [0.05, 0.1) is 0 Å². The maximum absolute atomic E-state index is 12.7. The van der Waals surface area contributed by atoms with E-state index in [1.165, 1.54) is 0 Å². The number of fused-ring (bicyclic) bond motifs is 1. The third-order valence-electron chi connectivity index (χ3n) is 4.59. The smallest absolute Gasteiger partial charge is 0.253 e. The van der Waals surface area contributed by atoms with Crippen LogP contribution in [0.15, 0.2) is 47.1 Å². The summed E-state index contributed by atoms with van der Waals surface area (Å²) in [5, 5.41) is 0. The Hall–Kier alpha value is -2.21. The quantitative estimate of drug-likeness (QED) is 0.680. The fraction of sp³-hybridized carbons (Fsp3) is 0.278. The highest BCUT2D eigenvalue weighted by atomic mass is 79.9. The molecule has 0 spiro atoms. The second-order valence-electron chi connectivity index (χ2n) is 6.12. The number of hydrogen-bond acceptors (Lipinski definition) is 3. The van der Waals surface area contributed by atoms with Crippen molar-refractivity contribution in [3.05, 3.63) is 58.5 Å². The zero-order valence-electron chi connectivity index (χ0n) is 13.3. The van der Waals surface area contributed by atoms with Crippen LogP contribution in [0.5, 0.6) is 0 Å². The zero-order chi connectivity index (χ0) is 16.7. The van der Waals surface area contributed by atoms with Gasteiger partial charge in [-0.05, 0) is 42.8 Å². The summed E-state index contributed by atoms with van der Waals surface area (Å²) < 4.78 is 3.03. The van der Waals surface area contributed by atoms with Gasteiger partial charge in [-0.25, -0.2) is 9.97 Å². The lowest BCUT2D eigenvalue weighted by Gasteiger charge is -2.16. The summed E-state index contributed by atoms with van der Waals surface area (Å²) in [5.41, 5.74) is 2.53. The third kappa shape index (κ3) is 2.60. The molecule has 0 N–H and O–H groups in total. The molecule has 0 aliphatic carbocycles. The predicted octanol–water partition coefficient (Wildman–Crippen LogP) is 3.36. The molecule has 0 radical (unpaired) electrons. The maximum Gasteiger partial charge on any atom is 0.253 e. The first-order valence-corrected chi connectivity index (χ1v) is 8.75. The summed E-state index contributed by atoms with van der Waals surface area (Å²) in [7, 11) is 2.00. The molecule has 1 fully saturated rings. The SMILES string of the molecule is Cn1c(C2CCN(C(=O)c3ccc(Br)cc3)C2)nc2cccnc21. The van der Waals surface area contributed by atoms with Crippen LogP contribution in [0.1, 0.15) is 28.5 Å². The molecule has 1 saturated heterocycles. The number of hydrogen-bond donors (Lipinski definition) is 0. The second kappa shape index (κ2) is 6.02. The van der Waals surface area contributed by atoms with E-state index < -0.39 is 0 Å². The van der Waals surface area contributed by atoms with E-state index in [-0.39, 0.29) is 11.8 Å². The molecule has 1 aliphatic heterocycles. The first-order chi connectivity index (χ1) is 11.6. The van der Waals surface area contributed by atoms with Gasteiger partial charge in [-0.3, -0.25) is 4.79 Å². The van der Waals surface area contributed by atoms with Crippen molar-refractivity contribution < 1.29 is 4.79 Å². The molecule has 1 atom stereocenters. The fourth-order valence-electron chi connectivity index (χ4n) is 3.34. The van der Waals surface area contributed by atoms with Gasteiger partial charge in [0, 0.05) is 42.3 Å². The number of halogens is 1. The van der Waals surface area contributed by atoms with Crippen molar-refractivity contribution in [3.63, 3.8) is 0 Å². The van der Waals surface area contributed by atoms with Gasteiger partial charge in [0.25, 0.3) is 5.91 Å². The van der Waals surface area contributed by atoms with E-state index in [0.717, 1.165) is 40.0 Å². The molecule has 3 aromatic rings. The highest BCUT2D eigenvalue weighted by Crippen LogP contribution is 2.29. The molecule has 1 amide bonds. The molecular weight excluding hydrogens is 368 g/mol. The summed E-state index contributed by atoms with van der Waals surface area (Å²) in [6.07, 6.45) is 2.71. The van der Waals surface area contributed by atoms with Crippen molar-refractivity contribution in [2.75, 3.05) is 13.1 Å². The molecule has 0 bridgehead atoms. The molecule has 122 valence electrons.